The Bertz CT molecular complexity index is 334. The van der Waals surface area contributed by atoms with E-state index in [1.165, 1.54) is 11.3 Å². The van der Waals surface area contributed by atoms with E-state index >= 15 is 0 Å². The maximum atomic E-state index is 5.80. The minimum Gasteiger partial charge on any atom is -0.371 e. The normalized spacial score (nSPS) is 25.2. The van der Waals surface area contributed by atoms with E-state index in [0.29, 0.717) is 6.54 Å². The Morgan fingerprint density at radius 3 is 2.86 bits per heavy atom. The van der Waals surface area contributed by atoms with E-state index in [0.717, 1.165) is 6.54 Å². The van der Waals surface area contributed by atoms with Gasteiger partial charge in [-0.15, -0.1) is 0 Å². The molecule has 2 rings (SSSR count). The van der Waals surface area contributed by atoms with Crippen molar-refractivity contribution in [3.8, 4) is 0 Å². The smallest absolute Gasteiger partial charge is 0.124 e. The molecule has 0 bridgehead atoms. The largest absolute Gasteiger partial charge is 0.371 e. The molecule has 1 aromatic carbocycles. The van der Waals surface area contributed by atoms with E-state index in [-0.39, 0.29) is 5.60 Å². The quantitative estimate of drug-likeness (QED) is 0.757. The van der Waals surface area contributed by atoms with Gasteiger partial charge in [0.15, 0.2) is 0 Å². The molecule has 0 aliphatic carbocycles. The van der Waals surface area contributed by atoms with Crippen LogP contribution in [0.1, 0.15) is 5.56 Å². The summed E-state index contributed by atoms with van der Waals surface area (Å²) in [5.74, 6) is 0. The highest BCUT2D eigenvalue weighted by Crippen LogP contribution is 2.39. The van der Waals surface area contributed by atoms with Crippen molar-refractivity contribution in [1.82, 2.24) is 0 Å². The molecular weight excluding hydrogens is 176 g/mol. The first kappa shape index (κ1) is 9.49. The fraction of sp³-hybridized carbons (Fsp3) is 0.455. The molecule has 1 aliphatic heterocycles. The second-order valence-electron chi connectivity index (χ2n) is 3.78. The highest BCUT2D eigenvalue weighted by molar-refractivity contribution is 5.61. The summed E-state index contributed by atoms with van der Waals surface area (Å²) in [5.41, 5.74) is 7.91. The summed E-state index contributed by atoms with van der Waals surface area (Å²) in [5, 5.41) is 0. The lowest BCUT2D eigenvalue weighted by Gasteiger charge is -2.26. The van der Waals surface area contributed by atoms with Gasteiger partial charge in [0.2, 0.25) is 0 Å². The monoisotopic (exact) mass is 192 g/mol. The molecule has 0 saturated carbocycles. The third-order valence-corrected chi connectivity index (χ3v) is 3.02. The predicted octanol–water partition coefficient (Wildman–Crippen LogP) is 0.937. The number of benzene rings is 1. The maximum absolute atomic E-state index is 5.80. The molecule has 0 fully saturated rings. The number of para-hydroxylation sites is 1. The molecule has 76 valence electrons. The van der Waals surface area contributed by atoms with Gasteiger partial charge in [-0.3, -0.25) is 0 Å². The van der Waals surface area contributed by atoms with Crippen LogP contribution in [0.4, 0.5) is 5.69 Å². The van der Waals surface area contributed by atoms with Crippen molar-refractivity contribution in [2.45, 2.75) is 5.60 Å². The second-order valence-corrected chi connectivity index (χ2v) is 3.78. The summed E-state index contributed by atoms with van der Waals surface area (Å²) in [6.07, 6.45) is 0. The van der Waals surface area contributed by atoms with E-state index in [2.05, 4.69) is 24.1 Å². The third-order valence-electron chi connectivity index (χ3n) is 3.02. The molecule has 1 heterocycles. The molecule has 0 spiro atoms. The average molecular weight is 192 g/mol. The lowest BCUT2D eigenvalue weighted by Crippen LogP contribution is -2.40. The molecule has 1 aliphatic rings. The topological polar surface area (TPSA) is 38.5 Å². The van der Waals surface area contributed by atoms with Crippen molar-refractivity contribution in [2.75, 3.05) is 32.1 Å². The minimum absolute atomic E-state index is 0.314. The molecule has 0 amide bonds. The molecule has 0 saturated heterocycles. The van der Waals surface area contributed by atoms with Crippen LogP contribution >= 0.6 is 0 Å². The van der Waals surface area contributed by atoms with Gasteiger partial charge in [0, 0.05) is 32.0 Å². The number of nitrogens with zero attached hydrogens (tertiary/aromatic N) is 1. The lowest BCUT2D eigenvalue weighted by molar-refractivity contribution is 0.00802. The predicted molar refractivity (Wildman–Crippen MR) is 57.5 cm³/mol. The van der Waals surface area contributed by atoms with Crippen LogP contribution in [0, 0.1) is 0 Å². The minimum atomic E-state index is -0.314. The lowest BCUT2D eigenvalue weighted by atomic mass is 9.96. The Kier molecular flexibility index (Phi) is 2.21. The van der Waals surface area contributed by atoms with Crippen LogP contribution in [0.15, 0.2) is 24.3 Å². The number of hydrogen-bond donors (Lipinski definition) is 1. The van der Waals surface area contributed by atoms with Gasteiger partial charge in [-0.1, -0.05) is 18.2 Å². The second kappa shape index (κ2) is 3.26. The number of nitrogens with two attached hydrogens (primary N) is 1. The zero-order chi connectivity index (χ0) is 10.2. The first-order valence-corrected chi connectivity index (χ1v) is 4.79. The molecule has 14 heavy (non-hydrogen) atoms. The number of hydrogen-bond acceptors (Lipinski definition) is 3. The van der Waals surface area contributed by atoms with Crippen LogP contribution in [0.5, 0.6) is 0 Å². The number of methoxy groups -OCH3 is 1. The summed E-state index contributed by atoms with van der Waals surface area (Å²) in [6, 6.07) is 8.26. The van der Waals surface area contributed by atoms with Gasteiger partial charge in [0.25, 0.3) is 0 Å². The fourth-order valence-electron chi connectivity index (χ4n) is 2.18. The van der Waals surface area contributed by atoms with Gasteiger partial charge < -0.3 is 15.4 Å². The Hall–Kier alpha value is -1.06. The van der Waals surface area contributed by atoms with Gasteiger partial charge in [-0.05, 0) is 6.07 Å². The molecule has 2 N–H and O–H groups in total. The first-order valence-electron chi connectivity index (χ1n) is 4.79. The van der Waals surface area contributed by atoms with Crippen LogP contribution in [0.3, 0.4) is 0 Å². The Labute approximate surface area is 84.5 Å². The molecule has 3 nitrogen and oxygen atoms in total. The summed E-state index contributed by atoms with van der Waals surface area (Å²) in [6.45, 7) is 1.35. The van der Waals surface area contributed by atoms with E-state index in [1.807, 2.05) is 12.1 Å². The van der Waals surface area contributed by atoms with Gasteiger partial charge >= 0.3 is 0 Å². The Morgan fingerprint density at radius 1 is 1.50 bits per heavy atom. The van der Waals surface area contributed by atoms with Gasteiger partial charge in [-0.25, -0.2) is 0 Å². The Balaban J connectivity index is 2.52. The summed E-state index contributed by atoms with van der Waals surface area (Å²) in [4.78, 5) is 2.19. The SMILES string of the molecule is COC1(CN)CN(C)c2ccccc21. The van der Waals surface area contributed by atoms with Crippen molar-refractivity contribution in [3.63, 3.8) is 0 Å². The molecule has 0 radical (unpaired) electrons. The standard InChI is InChI=1S/C11H16N2O/c1-13-8-11(7-12,14-2)9-5-3-4-6-10(9)13/h3-6H,7-8,12H2,1-2H3. The maximum Gasteiger partial charge on any atom is 0.124 e. The van der Waals surface area contributed by atoms with Crippen molar-refractivity contribution < 1.29 is 4.74 Å². The van der Waals surface area contributed by atoms with Gasteiger partial charge in [0.1, 0.15) is 5.60 Å². The van der Waals surface area contributed by atoms with Crippen LogP contribution in [0.2, 0.25) is 0 Å². The highest BCUT2D eigenvalue weighted by atomic mass is 16.5. The zero-order valence-corrected chi connectivity index (χ0v) is 8.66. The summed E-state index contributed by atoms with van der Waals surface area (Å²) in [7, 11) is 3.79. The van der Waals surface area contributed by atoms with Gasteiger partial charge in [-0.2, -0.15) is 0 Å². The van der Waals surface area contributed by atoms with E-state index in [1.54, 1.807) is 7.11 Å². The summed E-state index contributed by atoms with van der Waals surface area (Å²) >= 11 is 0. The van der Waals surface area contributed by atoms with Gasteiger partial charge in [0.05, 0.1) is 6.54 Å². The number of fused-ring (bicyclic) bond motifs is 1. The average Bonchev–Trinajstić information content (AvgIpc) is 2.53. The summed E-state index contributed by atoms with van der Waals surface area (Å²) < 4.78 is 5.58. The van der Waals surface area contributed by atoms with Crippen LogP contribution < -0.4 is 10.6 Å². The number of ether oxygens (including phenoxy) is 1. The molecule has 0 aromatic heterocycles. The molecular formula is C11H16N2O. The number of anilines is 1. The number of rotatable bonds is 2. The number of likely N-dealkylation sites (N-methyl/N-ethyl adjacent to an activating group) is 1. The first-order chi connectivity index (χ1) is 6.73. The van der Waals surface area contributed by atoms with E-state index in [4.69, 9.17) is 10.5 Å². The molecule has 3 heteroatoms. The van der Waals surface area contributed by atoms with Crippen LogP contribution in [-0.2, 0) is 10.3 Å². The fourth-order valence-corrected chi connectivity index (χ4v) is 2.18. The van der Waals surface area contributed by atoms with Crippen molar-refractivity contribution in [1.29, 1.82) is 0 Å². The van der Waals surface area contributed by atoms with Crippen LogP contribution in [-0.4, -0.2) is 27.2 Å². The highest BCUT2D eigenvalue weighted by Gasteiger charge is 2.40. The van der Waals surface area contributed by atoms with E-state index in [9.17, 15) is 0 Å². The van der Waals surface area contributed by atoms with Crippen molar-refractivity contribution in [2.24, 2.45) is 5.73 Å². The molecule has 1 aromatic rings. The van der Waals surface area contributed by atoms with Crippen molar-refractivity contribution >= 4 is 5.69 Å². The Morgan fingerprint density at radius 2 is 2.21 bits per heavy atom. The van der Waals surface area contributed by atoms with Crippen molar-refractivity contribution in [3.05, 3.63) is 29.8 Å². The molecule has 1 atom stereocenters. The third kappa shape index (κ3) is 1.13. The zero-order valence-electron chi connectivity index (χ0n) is 8.66. The van der Waals surface area contributed by atoms with E-state index < -0.39 is 0 Å². The molecule has 1 unspecified atom stereocenters. The van der Waals surface area contributed by atoms with Crippen LogP contribution in [0.25, 0.3) is 0 Å².